The first-order valence-corrected chi connectivity index (χ1v) is 14.1. The molecule has 0 saturated heterocycles. The van der Waals surface area contributed by atoms with Crippen LogP contribution in [0, 0.1) is 0 Å². The molecule has 0 atom stereocenters. The molecule has 5 aromatic carbocycles. The third-order valence-electron chi connectivity index (χ3n) is 8.95. The van der Waals surface area contributed by atoms with Gasteiger partial charge >= 0.3 is 0 Å². The largest absolute Gasteiger partial charge is 0.309 e. The normalized spacial score (nSPS) is 12.8. The minimum Gasteiger partial charge on any atom is -0.309 e. The van der Waals surface area contributed by atoms with Crippen molar-refractivity contribution in [2.75, 3.05) is 0 Å². The van der Waals surface area contributed by atoms with Crippen LogP contribution >= 0.6 is 0 Å². The minimum atomic E-state index is 0.875. The highest BCUT2D eigenvalue weighted by Gasteiger charge is 2.26. The van der Waals surface area contributed by atoms with Crippen LogP contribution in [0.2, 0.25) is 0 Å². The fourth-order valence-corrected chi connectivity index (χ4v) is 7.26. The Morgan fingerprint density at radius 1 is 0.585 bits per heavy atom. The molecule has 4 nitrogen and oxygen atoms in total. The Morgan fingerprint density at radius 3 is 2.32 bits per heavy atom. The zero-order chi connectivity index (χ0) is 26.7. The number of imidazole rings is 1. The molecule has 190 valence electrons. The maximum Gasteiger partial charge on any atom is 0.146 e. The number of para-hydroxylation sites is 4. The van der Waals surface area contributed by atoms with Crippen LogP contribution in [0.3, 0.4) is 0 Å². The Balaban J connectivity index is 1.34. The maximum atomic E-state index is 5.20. The van der Waals surface area contributed by atoms with Crippen LogP contribution in [-0.2, 0) is 6.42 Å². The fraction of sp³-hybridized carbons (Fsp3) is 0.0270. The lowest BCUT2D eigenvalue weighted by Gasteiger charge is -2.12. The van der Waals surface area contributed by atoms with Crippen molar-refractivity contribution in [1.82, 2.24) is 18.9 Å². The lowest BCUT2D eigenvalue weighted by molar-refractivity contribution is 1.18. The Labute approximate surface area is 234 Å². The van der Waals surface area contributed by atoms with Gasteiger partial charge in [-0.25, -0.2) is 4.98 Å². The molecular formula is C37H22N4. The minimum absolute atomic E-state index is 0.875. The number of benzene rings is 5. The average molecular weight is 523 g/mol. The summed E-state index contributed by atoms with van der Waals surface area (Å²) in [5.41, 5.74) is 14.2. The lowest BCUT2D eigenvalue weighted by atomic mass is 9.98. The molecular weight excluding hydrogens is 500 g/mol. The molecule has 9 aromatic rings. The van der Waals surface area contributed by atoms with E-state index in [-0.39, 0.29) is 0 Å². The van der Waals surface area contributed by atoms with Gasteiger partial charge in [-0.15, -0.1) is 0 Å². The maximum absolute atomic E-state index is 5.20. The van der Waals surface area contributed by atoms with Crippen LogP contribution in [0.25, 0.3) is 77.1 Å². The second-order valence-electron chi connectivity index (χ2n) is 11.0. The van der Waals surface area contributed by atoms with Gasteiger partial charge in [0, 0.05) is 33.4 Å². The van der Waals surface area contributed by atoms with E-state index in [4.69, 9.17) is 9.97 Å². The van der Waals surface area contributed by atoms with Gasteiger partial charge in [-0.05, 0) is 83.3 Å². The van der Waals surface area contributed by atoms with Crippen LogP contribution in [0.1, 0.15) is 11.1 Å². The van der Waals surface area contributed by atoms with Crippen molar-refractivity contribution in [3.05, 3.63) is 133 Å². The van der Waals surface area contributed by atoms with Crippen LogP contribution in [-0.4, -0.2) is 18.9 Å². The predicted octanol–water partition coefficient (Wildman–Crippen LogP) is 8.86. The molecule has 0 aliphatic heterocycles. The van der Waals surface area contributed by atoms with Crippen molar-refractivity contribution >= 4 is 60.3 Å². The van der Waals surface area contributed by atoms with Gasteiger partial charge in [0.1, 0.15) is 5.65 Å². The monoisotopic (exact) mass is 522 g/mol. The molecule has 0 N–H and O–H groups in total. The van der Waals surface area contributed by atoms with E-state index in [0.29, 0.717) is 0 Å². The molecule has 41 heavy (non-hydrogen) atoms. The van der Waals surface area contributed by atoms with E-state index < -0.39 is 0 Å². The van der Waals surface area contributed by atoms with Gasteiger partial charge in [-0.3, -0.25) is 9.38 Å². The first-order valence-electron chi connectivity index (χ1n) is 14.1. The number of rotatable bonds is 1. The summed E-state index contributed by atoms with van der Waals surface area (Å²) in [5, 5.41) is 4.96. The topological polar surface area (TPSA) is 35.1 Å². The fourth-order valence-electron chi connectivity index (χ4n) is 7.26. The van der Waals surface area contributed by atoms with Crippen molar-refractivity contribution in [3.63, 3.8) is 0 Å². The smallest absolute Gasteiger partial charge is 0.146 e. The number of pyridine rings is 2. The zero-order valence-electron chi connectivity index (χ0n) is 22.0. The Hall–Kier alpha value is -5.48. The molecule has 0 fully saturated rings. The summed E-state index contributed by atoms with van der Waals surface area (Å²) in [6.07, 6.45) is 2.77. The van der Waals surface area contributed by atoms with Crippen LogP contribution in [0.5, 0.6) is 0 Å². The van der Waals surface area contributed by atoms with E-state index in [1.165, 1.54) is 60.5 Å². The summed E-state index contributed by atoms with van der Waals surface area (Å²) in [5.74, 6) is 0. The lowest BCUT2D eigenvalue weighted by Crippen LogP contribution is -1.96. The number of aromatic nitrogens is 4. The van der Waals surface area contributed by atoms with E-state index in [9.17, 15) is 0 Å². The van der Waals surface area contributed by atoms with Crippen molar-refractivity contribution in [2.45, 2.75) is 6.42 Å². The highest BCUT2D eigenvalue weighted by Crippen LogP contribution is 2.46. The Kier molecular flexibility index (Phi) is 3.95. The molecule has 1 aliphatic carbocycles. The Bertz CT molecular complexity index is 2550. The van der Waals surface area contributed by atoms with Gasteiger partial charge < -0.3 is 4.57 Å². The summed E-state index contributed by atoms with van der Waals surface area (Å²) in [7, 11) is 0. The average Bonchev–Trinajstić information content (AvgIpc) is 3.69. The second kappa shape index (κ2) is 7.58. The summed E-state index contributed by atoms with van der Waals surface area (Å²) >= 11 is 0. The molecule has 0 radical (unpaired) electrons. The van der Waals surface area contributed by atoms with Gasteiger partial charge in [-0.1, -0.05) is 60.7 Å². The standard InChI is InChI=1S/C37H22N4/c1-2-9-23(10-3-1)40-31-13-6-4-11-25(31)28-19-22-20-29-24(27(22)21-34(28)40)16-17-26-35(29)37-39-30-12-5-7-14-32(30)41(37)33-15-8-18-38-36(26)33/h1-19,21H,20H2. The summed E-state index contributed by atoms with van der Waals surface area (Å²) in [4.78, 5) is 10.1. The van der Waals surface area contributed by atoms with Gasteiger partial charge in [0.15, 0.2) is 0 Å². The molecule has 4 aromatic heterocycles. The van der Waals surface area contributed by atoms with Crippen molar-refractivity contribution < 1.29 is 0 Å². The number of nitrogens with zero attached hydrogens (tertiary/aromatic N) is 4. The molecule has 0 saturated carbocycles. The highest BCUT2D eigenvalue weighted by molar-refractivity contribution is 6.17. The zero-order valence-corrected chi connectivity index (χ0v) is 22.0. The molecule has 4 heterocycles. The van der Waals surface area contributed by atoms with E-state index in [2.05, 4.69) is 118 Å². The molecule has 0 amide bonds. The van der Waals surface area contributed by atoms with Gasteiger partial charge in [-0.2, -0.15) is 0 Å². The molecule has 0 unspecified atom stereocenters. The molecule has 10 rings (SSSR count). The van der Waals surface area contributed by atoms with Crippen LogP contribution in [0.4, 0.5) is 0 Å². The number of hydrogen-bond acceptors (Lipinski definition) is 2. The van der Waals surface area contributed by atoms with Crippen molar-refractivity contribution in [3.8, 4) is 16.8 Å². The first kappa shape index (κ1) is 21.4. The van der Waals surface area contributed by atoms with E-state index in [1.807, 2.05) is 12.3 Å². The quantitative estimate of drug-likeness (QED) is 0.202. The molecule has 1 aliphatic rings. The Morgan fingerprint density at radius 2 is 1.39 bits per heavy atom. The van der Waals surface area contributed by atoms with Crippen LogP contribution in [0.15, 0.2) is 121 Å². The summed E-state index contributed by atoms with van der Waals surface area (Å²) in [6, 6.07) is 41.4. The number of fused-ring (bicyclic) bond motifs is 15. The van der Waals surface area contributed by atoms with E-state index >= 15 is 0 Å². The molecule has 0 bridgehead atoms. The highest BCUT2D eigenvalue weighted by atomic mass is 15.0. The molecule has 0 spiro atoms. The van der Waals surface area contributed by atoms with Crippen molar-refractivity contribution in [2.24, 2.45) is 0 Å². The van der Waals surface area contributed by atoms with Crippen molar-refractivity contribution in [1.29, 1.82) is 0 Å². The SMILES string of the molecule is c1ccc(-n2c3ccccc3c3cc4c(cc32)-c2ccc3c5ncccc5n5c6ccccc6nc5c3c2C4)cc1. The third-order valence-corrected chi connectivity index (χ3v) is 8.95. The summed E-state index contributed by atoms with van der Waals surface area (Å²) in [6.45, 7) is 0. The number of hydrogen-bond donors (Lipinski definition) is 0. The molecule has 4 heteroatoms. The summed E-state index contributed by atoms with van der Waals surface area (Å²) < 4.78 is 4.71. The van der Waals surface area contributed by atoms with E-state index in [0.717, 1.165) is 34.1 Å². The van der Waals surface area contributed by atoms with E-state index in [1.54, 1.807) is 0 Å². The second-order valence-corrected chi connectivity index (χ2v) is 11.0. The van der Waals surface area contributed by atoms with Gasteiger partial charge in [0.25, 0.3) is 0 Å². The van der Waals surface area contributed by atoms with Crippen LogP contribution < -0.4 is 0 Å². The van der Waals surface area contributed by atoms with Gasteiger partial charge in [0.05, 0.1) is 33.1 Å². The first-order chi connectivity index (χ1) is 20.3. The third kappa shape index (κ3) is 2.69. The van der Waals surface area contributed by atoms with Gasteiger partial charge in [0.2, 0.25) is 0 Å². The predicted molar refractivity (Wildman–Crippen MR) is 168 cm³/mol.